The lowest BCUT2D eigenvalue weighted by Crippen LogP contribution is -2.23. The normalized spacial score (nSPS) is 12.5. The largest absolute Gasteiger partial charge is 0.333 e. The number of nitrogens with one attached hydrogen (secondary N) is 2. The van der Waals surface area contributed by atoms with E-state index >= 15 is 0 Å². The highest BCUT2D eigenvalue weighted by Gasteiger charge is 2.19. The molecule has 0 aliphatic carbocycles. The zero-order valence-electron chi connectivity index (χ0n) is 13.5. The minimum atomic E-state index is -0.269. The fourth-order valence-electron chi connectivity index (χ4n) is 2.39. The Morgan fingerprint density at radius 3 is 2.74 bits per heavy atom. The summed E-state index contributed by atoms with van der Waals surface area (Å²) < 4.78 is 1.77. The van der Waals surface area contributed by atoms with Crippen LogP contribution in [0, 0.1) is 13.8 Å². The molecule has 3 rings (SSSR count). The van der Waals surface area contributed by atoms with Crippen molar-refractivity contribution < 1.29 is 4.79 Å². The molecule has 0 aliphatic heterocycles. The van der Waals surface area contributed by atoms with Gasteiger partial charge in [-0.1, -0.05) is 23.9 Å². The Bertz CT molecular complexity index is 834. The van der Waals surface area contributed by atoms with Gasteiger partial charge in [0.15, 0.2) is 5.16 Å². The molecule has 3 aromatic rings. The summed E-state index contributed by atoms with van der Waals surface area (Å²) >= 11 is 1.41. The number of aromatic nitrogens is 4. The Labute approximate surface area is 138 Å². The Balaban J connectivity index is 1.72. The average molecular weight is 329 g/mol. The summed E-state index contributed by atoms with van der Waals surface area (Å²) in [5, 5.41) is 7.76. The predicted octanol–water partition coefficient (Wildman–Crippen LogP) is 3.03. The topological polar surface area (TPSA) is 75.6 Å². The minimum Gasteiger partial charge on any atom is -0.333 e. The van der Waals surface area contributed by atoms with Gasteiger partial charge in [0.05, 0.1) is 33.4 Å². The van der Waals surface area contributed by atoms with Crippen LogP contribution in [0.25, 0.3) is 11.0 Å². The lowest BCUT2D eigenvalue weighted by atomic mass is 10.3. The lowest BCUT2D eigenvalue weighted by molar-refractivity contribution is -0.115. The highest BCUT2D eigenvalue weighted by atomic mass is 32.2. The number of hydrogen-bond acceptors (Lipinski definition) is 4. The number of para-hydroxylation sites is 2. The van der Waals surface area contributed by atoms with Crippen molar-refractivity contribution in [1.82, 2.24) is 19.7 Å². The molecule has 7 heteroatoms. The van der Waals surface area contributed by atoms with Crippen molar-refractivity contribution in [1.29, 1.82) is 0 Å². The number of carbonyl (C=O) groups excluding carboxylic acids is 1. The first-order chi connectivity index (χ1) is 11.0. The van der Waals surface area contributed by atoms with E-state index in [4.69, 9.17) is 0 Å². The average Bonchev–Trinajstić information content (AvgIpc) is 3.02. The molecule has 1 amide bonds. The number of carbonyl (C=O) groups is 1. The van der Waals surface area contributed by atoms with Gasteiger partial charge in [0.1, 0.15) is 0 Å². The molecule has 2 aromatic heterocycles. The predicted molar refractivity (Wildman–Crippen MR) is 92.7 cm³/mol. The molecular weight excluding hydrogens is 310 g/mol. The van der Waals surface area contributed by atoms with Gasteiger partial charge in [-0.25, -0.2) is 4.98 Å². The number of hydrogen-bond donors (Lipinski definition) is 2. The summed E-state index contributed by atoms with van der Waals surface area (Å²) in [5.41, 5.74) is 4.42. The van der Waals surface area contributed by atoms with Crippen molar-refractivity contribution in [2.75, 3.05) is 5.32 Å². The maximum absolute atomic E-state index is 12.4. The van der Waals surface area contributed by atoms with Gasteiger partial charge in [0, 0.05) is 7.05 Å². The summed E-state index contributed by atoms with van der Waals surface area (Å²) in [6.07, 6.45) is 0. The van der Waals surface area contributed by atoms with E-state index in [1.165, 1.54) is 11.8 Å². The van der Waals surface area contributed by atoms with Crippen molar-refractivity contribution >= 4 is 34.4 Å². The molecule has 1 unspecified atom stereocenters. The molecule has 0 saturated carbocycles. The third kappa shape index (κ3) is 3.10. The van der Waals surface area contributed by atoms with E-state index in [0.717, 1.165) is 33.3 Å². The second-order valence-corrected chi connectivity index (χ2v) is 6.81. The van der Waals surface area contributed by atoms with Crippen molar-refractivity contribution in [3.8, 4) is 0 Å². The van der Waals surface area contributed by atoms with Crippen LogP contribution in [0.15, 0.2) is 29.4 Å². The zero-order chi connectivity index (χ0) is 16.6. The summed E-state index contributed by atoms with van der Waals surface area (Å²) in [6, 6.07) is 7.82. The van der Waals surface area contributed by atoms with Crippen LogP contribution in [-0.2, 0) is 11.8 Å². The van der Waals surface area contributed by atoms with E-state index < -0.39 is 0 Å². The third-order valence-electron chi connectivity index (χ3n) is 3.78. The van der Waals surface area contributed by atoms with Gasteiger partial charge in [0.25, 0.3) is 0 Å². The first-order valence-electron chi connectivity index (χ1n) is 7.38. The first-order valence-corrected chi connectivity index (χ1v) is 8.26. The number of nitrogens with zero attached hydrogens (tertiary/aromatic N) is 3. The van der Waals surface area contributed by atoms with Crippen molar-refractivity contribution in [2.45, 2.75) is 31.2 Å². The van der Waals surface area contributed by atoms with E-state index in [9.17, 15) is 4.79 Å². The number of fused-ring (bicyclic) bond motifs is 1. The molecule has 0 fully saturated rings. The number of aryl methyl sites for hydroxylation is 2. The number of anilines is 1. The number of H-pyrrole nitrogens is 1. The van der Waals surface area contributed by atoms with E-state index in [0.29, 0.717) is 0 Å². The molecule has 2 N–H and O–H groups in total. The lowest BCUT2D eigenvalue weighted by Gasteiger charge is -2.10. The number of benzene rings is 1. The van der Waals surface area contributed by atoms with Crippen LogP contribution in [0.1, 0.15) is 18.3 Å². The van der Waals surface area contributed by atoms with E-state index in [-0.39, 0.29) is 11.2 Å². The molecular formula is C16H19N5OS. The Kier molecular flexibility index (Phi) is 4.12. The molecule has 120 valence electrons. The summed E-state index contributed by atoms with van der Waals surface area (Å²) in [7, 11) is 1.87. The van der Waals surface area contributed by atoms with Crippen LogP contribution >= 0.6 is 11.8 Å². The maximum atomic E-state index is 12.4. The van der Waals surface area contributed by atoms with Crippen LogP contribution in [0.4, 0.5) is 5.69 Å². The third-order valence-corrected chi connectivity index (χ3v) is 4.77. The molecule has 1 aromatic carbocycles. The SMILES string of the molecule is Cc1nn(C)c(C)c1NC(=O)C(C)Sc1nc2ccccc2[nH]1. The fourth-order valence-corrected chi connectivity index (χ4v) is 3.21. The van der Waals surface area contributed by atoms with Crippen molar-refractivity contribution in [3.05, 3.63) is 35.7 Å². The van der Waals surface area contributed by atoms with E-state index in [2.05, 4.69) is 20.4 Å². The smallest absolute Gasteiger partial charge is 0.237 e. The molecule has 0 aliphatic rings. The molecule has 6 nitrogen and oxygen atoms in total. The Hall–Kier alpha value is -2.28. The summed E-state index contributed by atoms with van der Waals surface area (Å²) in [6.45, 7) is 5.70. The van der Waals surface area contributed by atoms with Gasteiger partial charge in [-0.05, 0) is 32.9 Å². The minimum absolute atomic E-state index is 0.0605. The molecule has 1 atom stereocenters. The van der Waals surface area contributed by atoms with Gasteiger partial charge in [-0.3, -0.25) is 9.48 Å². The molecule has 0 radical (unpaired) electrons. The van der Waals surface area contributed by atoms with Crippen LogP contribution in [0.3, 0.4) is 0 Å². The molecule has 0 spiro atoms. The van der Waals surface area contributed by atoms with Crippen LogP contribution in [0.2, 0.25) is 0 Å². The quantitative estimate of drug-likeness (QED) is 0.721. The number of rotatable bonds is 4. The van der Waals surface area contributed by atoms with Crippen LogP contribution in [-0.4, -0.2) is 30.9 Å². The van der Waals surface area contributed by atoms with Gasteiger partial charge in [0.2, 0.25) is 5.91 Å². The second kappa shape index (κ2) is 6.08. The van der Waals surface area contributed by atoms with Crippen LogP contribution < -0.4 is 5.32 Å². The standard InChI is InChI=1S/C16H19N5OS/c1-9-14(10(2)21(4)20-9)19-15(22)11(3)23-16-17-12-7-5-6-8-13(12)18-16/h5-8,11H,1-4H3,(H,17,18)(H,19,22). The molecule has 0 bridgehead atoms. The molecule has 2 heterocycles. The highest BCUT2D eigenvalue weighted by molar-refractivity contribution is 8.00. The number of aromatic amines is 1. The Morgan fingerprint density at radius 1 is 1.35 bits per heavy atom. The fraction of sp³-hybridized carbons (Fsp3) is 0.312. The van der Waals surface area contributed by atoms with Gasteiger partial charge in [-0.15, -0.1) is 0 Å². The molecule has 0 saturated heterocycles. The van der Waals surface area contributed by atoms with Gasteiger partial charge in [-0.2, -0.15) is 5.10 Å². The van der Waals surface area contributed by atoms with Gasteiger partial charge >= 0.3 is 0 Å². The maximum Gasteiger partial charge on any atom is 0.237 e. The van der Waals surface area contributed by atoms with E-state index in [1.807, 2.05) is 52.1 Å². The zero-order valence-corrected chi connectivity index (χ0v) is 14.4. The van der Waals surface area contributed by atoms with Crippen LogP contribution in [0.5, 0.6) is 0 Å². The Morgan fingerprint density at radius 2 is 2.09 bits per heavy atom. The number of thioether (sulfide) groups is 1. The van der Waals surface area contributed by atoms with Gasteiger partial charge < -0.3 is 10.3 Å². The van der Waals surface area contributed by atoms with E-state index in [1.54, 1.807) is 4.68 Å². The second-order valence-electron chi connectivity index (χ2n) is 5.48. The monoisotopic (exact) mass is 329 g/mol. The first kappa shape index (κ1) is 15.6. The summed E-state index contributed by atoms with van der Waals surface area (Å²) in [5.74, 6) is -0.0605. The number of imidazole rings is 1. The summed E-state index contributed by atoms with van der Waals surface area (Å²) in [4.78, 5) is 20.2. The number of amides is 1. The van der Waals surface area contributed by atoms with Crippen molar-refractivity contribution in [2.24, 2.45) is 7.05 Å². The van der Waals surface area contributed by atoms with Crippen molar-refractivity contribution in [3.63, 3.8) is 0 Å². The highest BCUT2D eigenvalue weighted by Crippen LogP contribution is 2.25. The molecule has 23 heavy (non-hydrogen) atoms.